The number of H-pyrrole nitrogens is 1. The van der Waals surface area contributed by atoms with E-state index in [4.69, 9.17) is 0 Å². The molecule has 2 amide bonds. The number of benzene rings is 2. The van der Waals surface area contributed by atoms with Crippen molar-refractivity contribution in [1.29, 1.82) is 0 Å². The lowest BCUT2D eigenvalue weighted by Crippen LogP contribution is -2.41. The van der Waals surface area contributed by atoms with E-state index >= 15 is 0 Å². The minimum Gasteiger partial charge on any atom is -0.349 e. The van der Waals surface area contributed by atoms with Gasteiger partial charge in [-0.15, -0.1) is 0 Å². The average Bonchev–Trinajstić information content (AvgIpc) is 3.30. The number of amides is 2. The number of imidazole rings is 1. The van der Waals surface area contributed by atoms with Gasteiger partial charge in [0.25, 0.3) is 11.8 Å². The highest BCUT2D eigenvalue weighted by atomic mass is 16.2. The predicted molar refractivity (Wildman–Crippen MR) is 135 cm³/mol. The van der Waals surface area contributed by atoms with Crippen molar-refractivity contribution in [3.63, 3.8) is 0 Å². The van der Waals surface area contributed by atoms with Crippen LogP contribution in [0.15, 0.2) is 42.5 Å². The van der Waals surface area contributed by atoms with Gasteiger partial charge in [-0.2, -0.15) is 0 Å². The summed E-state index contributed by atoms with van der Waals surface area (Å²) in [5.41, 5.74) is 3.88. The van der Waals surface area contributed by atoms with Gasteiger partial charge in [0.2, 0.25) is 0 Å². The lowest BCUT2D eigenvalue weighted by molar-refractivity contribution is 0.0907. The van der Waals surface area contributed by atoms with Crippen molar-refractivity contribution in [2.24, 2.45) is 5.92 Å². The van der Waals surface area contributed by atoms with Crippen molar-refractivity contribution in [1.82, 2.24) is 20.6 Å². The first-order valence-electron chi connectivity index (χ1n) is 12.8. The van der Waals surface area contributed by atoms with E-state index in [2.05, 4.69) is 27.5 Å². The third-order valence-corrected chi connectivity index (χ3v) is 7.53. The SMILES string of the molecule is CC1CCCCC1NC(=O)c1ccc(-c2nc3ccc(C(=O)NC4CCCCC4)cc3[nH]2)cc1. The Bertz CT molecular complexity index is 1160. The van der Waals surface area contributed by atoms with Crippen molar-refractivity contribution in [2.45, 2.75) is 76.8 Å². The van der Waals surface area contributed by atoms with Crippen molar-refractivity contribution in [3.05, 3.63) is 53.6 Å². The van der Waals surface area contributed by atoms with Crippen LogP contribution in [0, 0.1) is 5.92 Å². The molecule has 5 rings (SSSR count). The van der Waals surface area contributed by atoms with Gasteiger partial charge >= 0.3 is 0 Å². The summed E-state index contributed by atoms with van der Waals surface area (Å²) in [7, 11) is 0. The first kappa shape index (κ1) is 22.6. The highest BCUT2D eigenvalue weighted by Gasteiger charge is 2.23. The second-order valence-corrected chi connectivity index (χ2v) is 10.0. The van der Waals surface area contributed by atoms with Crippen LogP contribution < -0.4 is 10.6 Å². The first-order chi connectivity index (χ1) is 16.6. The number of carbonyl (C=O) groups is 2. The van der Waals surface area contributed by atoms with Crippen LogP contribution in [-0.2, 0) is 0 Å². The number of carbonyl (C=O) groups excluding carboxylic acids is 2. The predicted octanol–water partition coefficient (Wildman–Crippen LogP) is 5.60. The van der Waals surface area contributed by atoms with Crippen LogP contribution in [-0.4, -0.2) is 33.9 Å². The van der Waals surface area contributed by atoms with E-state index in [9.17, 15) is 9.59 Å². The smallest absolute Gasteiger partial charge is 0.251 e. The third kappa shape index (κ3) is 5.01. The Morgan fingerprint density at radius 3 is 2.26 bits per heavy atom. The van der Waals surface area contributed by atoms with Crippen LogP contribution in [0.5, 0.6) is 0 Å². The van der Waals surface area contributed by atoms with Gasteiger partial charge in [0.05, 0.1) is 11.0 Å². The summed E-state index contributed by atoms with van der Waals surface area (Å²) in [6, 6.07) is 13.7. The second kappa shape index (κ2) is 10.00. The Hall–Kier alpha value is -3.15. The Morgan fingerprint density at radius 2 is 1.50 bits per heavy atom. The molecule has 6 nitrogen and oxygen atoms in total. The number of hydrogen-bond acceptors (Lipinski definition) is 3. The monoisotopic (exact) mass is 458 g/mol. The third-order valence-electron chi connectivity index (χ3n) is 7.53. The molecule has 2 aliphatic rings. The van der Waals surface area contributed by atoms with Crippen molar-refractivity contribution < 1.29 is 9.59 Å². The van der Waals surface area contributed by atoms with Gasteiger partial charge in [-0.1, -0.05) is 51.2 Å². The van der Waals surface area contributed by atoms with Gasteiger partial charge in [-0.25, -0.2) is 4.98 Å². The molecule has 1 heterocycles. The molecule has 34 heavy (non-hydrogen) atoms. The molecular weight excluding hydrogens is 424 g/mol. The van der Waals surface area contributed by atoms with Crippen molar-refractivity contribution >= 4 is 22.8 Å². The van der Waals surface area contributed by atoms with E-state index in [1.807, 2.05) is 42.5 Å². The summed E-state index contributed by atoms with van der Waals surface area (Å²) in [5.74, 6) is 1.23. The fourth-order valence-corrected chi connectivity index (χ4v) is 5.37. The molecule has 6 heteroatoms. The van der Waals surface area contributed by atoms with Gasteiger partial charge < -0.3 is 15.6 Å². The number of nitrogens with zero attached hydrogens (tertiary/aromatic N) is 1. The molecular formula is C28H34N4O2. The molecule has 0 spiro atoms. The highest BCUT2D eigenvalue weighted by molar-refractivity contribution is 5.98. The molecule has 178 valence electrons. The Kier molecular flexibility index (Phi) is 6.66. The average molecular weight is 459 g/mol. The quantitative estimate of drug-likeness (QED) is 0.465. The van der Waals surface area contributed by atoms with Gasteiger partial charge in [-0.3, -0.25) is 9.59 Å². The number of rotatable bonds is 5. The Labute approximate surface area is 200 Å². The minimum atomic E-state index is -0.0207. The summed E-state index contributed by atoms with van der Waals surface area (Å²) in [6.07, 6.45) is 10.5. The summed E-state index contributed by atoms with van der Waals surface area (Å²) < 4.78 is 0. The largest absolute Gasteiger partial charge is 0.349 e. The number of fused-ring (bicyclic) bond motifs is 1. The molecule has 2 unspecified atom stereocenters. The Balaban J connectivity index is 1.27. The molecule has 0 radical (unpaired) electrons. The highest BCUT2D eigenvalue weighted by Crippen LogP contribution is 2.25. The van der Waals surface area contributed by atoms with Crippen LogP contribution in [0.2, 0.25) is 0 Å². The lowest BCUT2D eigenvalue weighted by Gasteiger charge is -2.29. The molecule has 0 saturated heterocycles. The van der Waals surface area contributed by atoms with Crippen LogP contribution in [0.4, 0.5) is 0 Å². The Morgan fingerprint density at radius 1 is 0.824 bits per heavy atom. The molecule has 2 atom stereocenters. The molecule has 3 N–H and O–H groups in total. The molecule has 1 aromatic heterocycles. The van der Waals surface area contributed by atoms with E-state index in [-0.39, 0.29) is 23.9 Å². The fraction of sp³-hybridized carbons (Fsp3) is 0.464. The maximum absolute atomic E-state index is 12.7. The molecule has 3 aromatic rings. The van der Waals surface area contributed by atoms with E-state index in [0.29, 0.717) is 17.0 Å². The molecule has 2 aromatic carbocycles. The van der Waals surface area contributed by atoms with Crippen LogP contribution in [0.3, 0.4) is 0 Å². The summed E-state index contributed by atoms with van der Waals surface area (Å²) >= 11 is 0. The topological polar surface area (TPSA) is 86.9 Å². The summed E-state index contributed by atoms with van der Waals surface area (Å²) in [5, 5.41) is 6.39. The summed E-state index contributed by atoms with van der Waals surface area (Å²) in [4.78, 5) is 33.5. The van der Waals surface area contributed by atoms with Crippen LogP contribution >= 0.6 is 0 Å². The molecule has 2 fully saturated rings. The lowest BCUT2D eigenvalue weighted by atomic mass is 9.86. The molecule has 2 aliphatic carbocycles. The summed E-state index contributed by atoms with van der Waals surface area (Å²) in [6.45, 7) is 2.22. The fourth-order valence-electron chi connectivity index (χ4n) is 5.37. The zero-order valence-electron chi connectivity index (χ0n) is 19.9. The molecule has 0 bridgehead atoms. The second-order valence-electron chi connectivity index (χ2n) is 10.0. The first-order valence-corrected chi connectivity index (χ1v) is 12.8. The van der Waals surface area contributed by atoms with E-state index in [1.165, 1.54) is 38.5 Å². The minimum absolute atomic E-state index is 0.0106. The number of hydrogen-bond donors (Lipinski definition) is 3. The van der Waals surface area contributed by atoms with Gasteiger partial charge in [0, 0.05) is 28.8 Å². The zero-order valence-corrected chi connectivity index (χ0v) is 19.9. The zero-order chi connectivity index (χ0) is 23.5. The maximum atomic E-state index is 12.7. The van der Waals surface area contributed by atoms with E-state index in [0.717, 1.165) is 41.7 Å². The van der Waals surface area contributed by atoms with Gasteiger partial charge in [-0.05, 0) is 61.9 Å². The van der Waals surface area contributed by atoms with Gasteiger partial charge in [0.15, 0.2) is 0 Å². The van der Waals surface area contributed by atoms with Crippen molar-refractivity contribution in [3.8, 4) is 11.4 Å². The van der Waals surface area contributed by atoms with E-state index < -0.39 is 0 Å². The van der Waals surface area contributed by atoms with Gasteiger partial charge in [0.1, 0.15) is 5.82 Å². The number of aromatic nitrogens is 2. The maximum Gasteiger partial charge on any atom is 0.251 e. The van der Waals surface area contributed by atoms with E-state index in [1.54, 1.807) is 0 Å². The molecule has 2 saturated carbocycles. The van der Waals surface area contributed by atoms with Crippen LogP contribution in [0.25, 0.3) is 22.4 Å². The molecule has 0 aliphatic heterocycles. The van der Waals surface area contributed by atoms with Crippen LogP contribution in [0.1, 0.15) is 85.4 Å². The normalized spacial score (nSPS) is 21.3. The van der Waals surface area contributed by atoms with Crippen molar-refractivity contribution in [2.75, 3.05) is 0 Å². The standard InChI is InChI=1S/C28H34N4O2/c1-18-7-5-6-10-23(18)32-27(33)20-13-11-19(12-14-20)26-30-24-16-15-21(17-25(24)31-26)28(34)29-22-8-3-2-4-9-22/h11-18,22-23H,2-10H2,1H3,(H,29,34)(H,30,31)(H,32,33). The number of nitrogens with one attached hydrogen (secondary N) is 3. The number of aromatic amines is 1.